The molecule has 1 aliphatic heterocycles. The van der Waals surface area contributed by atoms with Crippen LogP contribution in [0, 0.1) is 0 Å². The number of benzene rings is 1. The standard InChI is InChI=1S/C19H19N5O2/c25-19(14-9-13-3-1-2-4-16(13)22-10-14)24-17-11-21-12-18(23-17)26-15-5-7-20-8-6-15/h1-4,9-12,15,20H,5-8H2,(H,23,24,25). The first-order valence-electron chi connectivity index (χ1n) is 8.63. The summed E-state index contributed by atoms with van der Waals surface area (Å²) in [5.41, 5.74) is 1.32. The van der Waals surface area contributed by atoms with Crippen molar-refractivity contribution in [1.82, 2.24) is 20.3 Å². The maximum Gasteiger partial charge on any atom is 0.258 e. The molecule has 2 aromatic heterocycles. The Balaban J connectivity index is 1.47. The van der Waals surface area contributed by atoms with E-state index in [1.807, 2.05) is 24.3 Å². The number of anilines is 1. The second kappa shape index (κ2) is 7.45. The van der Waals surface area contributed by atoms with Crippen LogP contribution in [0.15, 0.2) is 48.9 Å². The highest BCUT2D eigenvalue weighted by Crippen LogP contribution is 2.17. The SMILES string of the molecule is O=C(Nc1cncc(OC2CCNCC2)n1)c1cnc2ccccc2c1. The van der Waals surface area contributed by atoms with E-state index >= 15 is 0 Å². The summed E-state index contributed by atoms with van der Waals surface area (Å²) in [5, 5.41) is 6.96. The summed E-state index contributed by atoms with van der Waals surface area (Å²) in [7, 11) is 0. The third-order valence-corrected chi connectivity index (χ3v) is 4.28. The summed E-state index contributed by atoms with van der Waals surface area (Å²) < 4.78 is 5.86. The Morgan fingerprint density at radius 1 is 1.15 bits per heavy atom. The van der Waals surface area contributed by atoms with E-state index in [2.05, 4.69) is 25.6 Å². The summed E-state index contributed by atoms with van der Waals surface area (Å²) in [6.45, 7) is 1.87. The third-order valence-electron chi connectivity index (χ3n) is 4.28. The molecule has 0 saturated carbocycles. The second-order valence-electron chi connectivity index (χ2n) is 6.18. The molecule has 7 heteroatoms. The fourth-order valence-electron chi connectivity index (χ4n) is 2.93. The number of amides is 1. The maximum atomic E-state index is 12.5. The van der Waals surface area contributed by atoms with E-state index in [1.165, 1.54) is 6.20 Å². The van der Waals surface area contributed by atoms with Crippen LogP contribution < -0.4 is 15.4 Å². The lowest BCUT2D eigenvalue weighted by molar-refractivity contribution is 0.102. The predicted octanol–water partition coefficient (Wildman–Crippen LogP) is 2.41. The molecule has 4 rings (SSSR count). The fraction of sp³-hybridized carbons (Fsp3) is 0.263. The first-order chi connectivity index (χ1) is 12.8. The second-order valence-corrected chi connectivity index (χ2v) is 6.18. The van der Waals surface area contributed by atoms with Crippen LogP contribution in [0.5, 0.6) is 5.88 Å². The van der Waals surface area contributed by atoms with Crippen LogP contribution in [-0.4, -0.2) is 40.1 Å². The zero-order valence-corrected chi connectivity index (χ0v) is 14.2. The predicted molar refractivity (Wildman–Crippen MR) is 98.2 cm³/mol. The van der Waals surface area contributed by atoms with Gasteiger partial charge in [-0.15, -0.1) is 0 Å². The molecule has 0 bridgehead atoms. The van der Waals surface area contributed by atoms with Crippen LogP contribution in [0.1, 0.15) is 23.2 Å². The summed E-state index contributed by atoms with van der Waals surface area (Å²) in [6.07, 6.45) is 6.61. The Bertz CT molecular complexity index is 924. The molecule has 0 spiro atoms. The lowest BCUT2D eigenvalue weighted by atomic mass is 10.1. The van der Waals surface area contributed by atoms with E-state index in [4.69, 9.17) is 4.74 Å². The topological polar surface area (TPSA) is 89.0 Å². The van der Waals surface area contributed by atoms with Gasteiger partial charge in [-0.05, 0) is 38.1 Å². The van der Waals surface area contributed by atoms with Crippen molar-refractivity contribution in [3.05, 3.63) is 54.5 Å². The summed E-state index contributed by atoms with van der Waals surface area (Å²) >= 11 is 0. The number of pyridine rings is 1. The zero-order chi connectivity index (χ0) is 17.8. The number of nitrogens with zero attached hydrogens (tertiary/aromatic N) is 3. The third kappa shape index (κ3) is 3.78. The van der Waals surface area contributed by atoms with Crippen LogP contribution in [0.25, 0.3) is 10.9 Å². The molecule has 1 aromatic carbocycles. The van der Waals surface area contributed by atoms with Crippen molar-refractivity contribution in [1.29, 1.82) is 0 Å². The number of hydrogen-bond acceptors (Lipinski definition) is 6. The molecule has 1 fully saturated rings. The summed E-state index contributed by atoms with van der Waals surface area (Å²) in [6, 6.07) is 9.47. The van der Waals surface area contributed by atoms with E-state index in [9.17, 15) is 4.79 Å². The quantitative estimate of drug-likeness (QED) is 0.752. The molecule has 0 unspecified atom stereocenters. The highest BCUT2D eigenvalue weighted by Gasteiger charge is 2.16. The van der Waals surface area contributed by atoms with Gasteiger partial charge in [-0.1, -0.05) is 18.2 Å². The first kappa shape index (κ1) is 16.4. The van der Waals surface area contributed by atoms with Gasteiger partial charge in [0.15, 0.2) is 5.82 Å². The van der Waals surface area contributed by atoms with Crippen molar-refractivity contribution in [2.45, 2.75) is 18.9 Å². The molecular weight excluding hydrogens is 330 g/mol. The van der Waals surface area contributed by atoms with Gasteiger partial charge in [0.2, 0.25) is 5.88 Å². The Hall–Kier alpha value is -3.06. The van der Waals surface area contributed by atoms with Gasteiger partial charge in [-0.2, -0.15) is 4.98 Å². The minimum absolute atomic E-state index is 0.126. The van der Waals surface area contributed by atoms with Gasteiger partial charge < -0.3 is 15.4 Å². The molecule has 3 heterocycles. The highest BCUT2D eigenvalue weighted by molar-refractivity contribution is 6.05. The maximum absolute atomic E-state index is 12.5. The summed E-state index contributed by atoms with van der Waals surface area (Å²) in [5.74, 6) is 0.498. The minimum Gasteiger partial charge on any atom is -0.473 e. The largest absolute Gasteiger partial charge is 0.473 e. The number of fused-ring (bicyclic) bond motifs is 1. The number of nitrogens with one attached hydrogen (secondary N) is 2. The van der Waals surface area contributed by atoms with Crippen LogP contribution in [0.3, 0.4) is 0 Å². The molecule has 2 N–H and O–H groups in total. The zero-order valence-electron chi connectivity index (χ0n) is 14.2. The lowest BCUT2D eigenvalue weighted by Gasteiger charge is -2.23. The number of para-hydroxylation sites is 1. The molecule has 1 aliphatic rings. The van der Waals surface area contributed by atoms with Gasteiger partial charge in [0.1, 0.15) is 6.10 Å². The van der Waals surface area contributed by atoms with E-state index in [0.29, 0.717) is 17.3 Å². The number of carbonyl (C=O) groups excluding carboxylic acids is 1. The molecule has 132 valence electrons. The van der Waals surface area contributed by atoms with E-state index in [0.717, 1.165) is 36.8 Å². The van der Waals surface area contributed by atoms with Crippen LogP contribution >= 0.6 is 0 Å². The normalized spacial score (nSPS) is 14.9. The molecule has 1 amide bonds. The monoisotopic (exact) mass is 349 g/mol. The van der Waals surface area contributed by atoms with Gasteiger partial charge >= 0.3 is 0 Å². The molecule has 0 radical (unpaired) electrons. The molecular formula is C19H19N5O2. The van der Waals surface area contributed by atoms with Gasteiger partial charge in [-0.3, -0.25) is 14.8 Å². The van der Waals surface area contributed by atoms with E-state index < -0.39 is 0 Å². The van der Waals surface area contributed by atoms with Crippen molar-refractivity contribution < 1.29 is 9.53 Å². The molecule has 0 aliphatic carbocycles. The van der Waals surface area contributed by atoms with Crippen molar-refractivity contribution in [3.8, 4) is 5.88 Å². The van der Waals surface area contributed by atoms with E-state index in [-0.39, 0.29) is 12.0 Å². The Morgan fingerprint density at radius 2 is 2.00 bits per heavy atom. The lowest BCUT2D eigenvalue weighted by Crippen LogP contribution is -2.34. The smallest absolute Gasteiger partial charge is 0.258 e. The number of rotatable bonds is 4. The van der Waals surface area contributed by atoms with Crippen molar-refractivity contribution in [2.24, 2.45) is 0 Å². The van der Waals surface area contributed by atoms with Gasteiger partial charge in [0.25, 0.3) is 5.91 Å². The number of piperidine rings is 1. The van der Waals surface area contributed by atoms with E-state index in [1.54, 1.807) is 18.5 Å². The van der Waals surface area contributed by atoms with Crippen molar-refractivity contribution in [3.63, 3.8) is 0 Å². The molecule has 0 atom stereocenters. The van der Waals surface area contributed by atoms with Crippen molar-refractivity contribution >= 4 is 22.6 Å². The van der Waals surface area contributed by atoms with Gasteiger partial charge in [0, 0.05) is 11.6 Å². The van der Waals surface area contributed by atoms with Crippen LogP contribution in [0.2, 0.25) is 0 Å². The van der Waals surface area contributed by atoms with Crippen molar-refractivity contribution in [2.75, 3.05) is 18.4 Å². The first-order valence-corrected chi connectivity index (χ1v) is 8.63. The number of carbonyl (C=O) groups is 1. The number of ether oxygens (including phenoxy) is 1. The average molecular weight is 349 g/mol. The minimum atomic E-state index is -0.281. The van der Waals surface area contributed by atoms with Gasteiger partial charge in [0.05, 0.1) is 23.5 Å². The van der Waals surface area contributed by atoms with Crippen LogP contribution in [-0.2, 0) is 0 Å². The fourth-order valence-corrected chi connectivity index (χ4v) is 2.93. The Morgan fingerprint density at radius 3 is 2.88 bits per heavy atom. The average Bonchev–Trinajstić information content (AvgIpc) is 2.68. The number of aromatic nitrogens is 3. The van der Waals surface area contributed by atoms with Gasteiger partial charge in [-0.25, -0.2) is 0 Å². The number of hydrogen-bond donors (Lipinski definition) is 2. The molecule has 3 aromatic rings. The molecule has 1 saturated heterocycles. The highest BCUT2D eigenvalue weighted by atomic mass is 16.5. The Labute approximate surface area is 150 Å². The molecule has 7 nitrogen and oxygen atoms in total. The Kier molecular flexibility index (Phi) is 4.70. The molecule has 26 heavy (non-hydrogen) atoms. The summed E-state index contributed by atoms with van der Waals surface area (Å²) in [4.78, 5) is 25.3. The van der Waals surface area contributed by atoms with Crippen LogP contribution in [0.4, 0.5) is 5.82 Å².